The lowest BCUT2D eigenvalue weighted by molar-refractivity contribution is 0.501. The molecule has 20 heavy (non-hydrogen) atoms. The van der Waals surface area contributed by atoms with Crippen molar-refractivity contribution in [1.29, 1.82) is 0 Å². The van der Waals surface area contributed by atoms with Gasteiger partial charge in [-0.25, -0.2) is 0 Å². The Balaban J connectivity index is 1.73. The molecule has 0 saturated heterocycles. The van der Waals surface area contributed by atoms with Crippen molar-refractivity contribution in [2.45, 2.75) is 26.7 Å². The number of nitrogens with one attached hydrogen (secondary N) is 2. The molecule has 2 rings (SSSR count). The monoisotopic (exact) mass is 288 g/mol. The number of aryl methyl sites for hydroxylation is 3. The van der Waals surface area contributed by atoms with Crippen LogP contribution in [-0.4, -0.2) is 11.7 Å². The third kappa shape index (κ3) is 4.38. The van der Waals surface area contributed by atoms with Crippen LogP contribution >= 0.6 is 12.2 Å². The molecule has 0 saturated carbocycles. The predicted molar refractivity (Wildman–Crippen MR) is 87.2 cm³/mol. The minimum atomic E-state index is 0.665. The van der Waals surface area contributed by atoms with E-state index in [9.17, 15) is 0 Å². The fourth-order valence-corrected chi connectivity index (χ4v) is 2.17. The standard InChI is InChI=1S/C16H20N2OS/c1-12-7-8-13(2)15(11-12)18-16(20)17-9-3-5-14-6-4-10-19-14/h4,6-8,10-11H,3,5,9H2,1-2H3,(H2,17,18,20). The van der Waals surface area contributed by atoms with Crippen molar-refractivity contribution in [3.63, 3.8) is 0 Å². The van der Waals surface area contributed by atoms with Crippen LogP contribution < -0.4 is 10.6 Å². The van der Waals surface area contributed by atoms with Gasteiger partial charge < -0.3 is 15.1 Å². The van der Waals surface area contributed by atoms with Crippen molar-refractivity contribution in [3.8, 4) is 0 Å². The van der Waals surface area contributed by atoms with Gasteiger partial charge in [-0.05, 0) is 61.8 Å². The fraction of sp³-hybridized carbons (Fsp3) is 0.312. The number of rotatable bonds is 5. The summed E-state index contributed by atoms with van der Waals surface area (Å²) >= 11 is 5.31. The summed E-state index contributed by atoms with van der Waals surface area (Å²) in [5.74, 6) is 1.01. The summed E-state index contributed by atoms with van der Waals surface area (Å²) < 4.78 is 5.29. The smallest absolute Gasteiger partial charge is 0.170 e. The van der Waals surface area contributed by atoms with Crippen LogP contribution in [0.3, 0.4) is 0 Å². The molecule has 0 unspecified atom stereocenters. The fourth-order valence-electron chi connectivity index (χ4n) is 1.96. The number of anilines is 1. The molecule has 0 radical (unpaired) electrons. The molecular formula is C16H20N2OS. The second kappa shape index (κ2) is 7.10. The third-order valence-corrected chi connectivity index (χ3v) is 3.35. The average molecular weight is 288 g/mol. The number of hydrogen-bond donors (Lipinski definition) is 2. The summed E-state index contributed by atoms with van der Waals surface area (Å²) in [5, 5.41) is 7.13. The molecule has 2 aromatic rings. The van der Waals surface area contributed by atoms with Crippen LogP contribution in [0.4, 0.5) is 5.69 Å². The summed E-state index contributed by atoms with van der Waals surface area (Å²) in [7, 11) is 0. The minimum Gasteiger partial charge on any atom is -0.469 e. The zero-order valence-electron chi connectivity index (χ0n) is 11.9. The second-order valence-corrected chi connectivity index (χ2v) is 5.29. The normalized spacial score (nSPS) is 10.3. The van der Waals surface area contributed by atoms with E-state index >= 15 is 0 Å². The Morgan fingerprint density at radius 2 is 2.10 bits per heavy atom. The molecule has 0 aliphatic carbocycles. The summed E-state index contributed by atoms with van der Waals surface area (Å²) in [6.45, 7) is 4.98. The van der Waals surface area contributed by atoms with Gasteiger partial charge in [0, 0.05) is 18.7 Å². The maximum atomic E-state index is 5.31. The quantitative estimate of drug-likeness (QED) is 0.648. The van der Waals surface area contributed by atoms with E-state index in [-0.39, 0.29) is 0 Å². The SMILES string of the molecule is Cc1ccc(C)c(NC(=S)NCCCc2ccco2)c1. The first-order valence-corrected chi connectivity index (χ1v) is 7.20. The Bertz CT molecular complexity index is 564. The zero-order chi connectivity index (χ0) is 14.4. The van der Waals surface area contributed by atoms with Gasteiger partial charge in [0.25, 0.3) is 0 Å². The lowest BCUT2D eigenvalue weighted by atomic mass is 10.1. The number of hydrogen-bond acceptors (Lipinski definition) is 2. The highest BCUT2D eigenvalue weighted by Crippen LogP contribution is 2.16. The van der Waals surface area contributed by atoms with E-state index < -0.39 is 0 Å². The first kappa shape index (κ1) is 14.6. The van der Waals surface area contributed by atoms with Crippen molar-refractivity contribution in [2.24, 2.45) is 0 Å². The molecule has 0 amide bonds. The van der Waals surface area contributed by atoms with Gasteiger partial charge in [-0.15, -0.1) is 0 Å². The van der Waals surface area contributed by atoms with E-state index in [0.29, 0.717) is 5.11 Å². The maximum absolute atomic E-state index is 5.31. The van der Waals surface area contributed by atoms with Crippen molar-refractivity contribution in [2.75, 3.05) is 11.9 Å². The first-order valence-electron chi connectivity index (χ1n) is 6.79. The van der Waals surface area contributed by atoms with Gasteiger partial charge in [0.05, 0.1) is 6.26 Å². The van der Waals surface area contributed by atoms with Crippen LogP contribution in [-0.2, 0) is 6.42 Å². The maximum Gasteiger partial charge on any atom is 0.170 e. The topological polar surface area (TPSA) is 37.2 Å². The molecular weight excluding hydrogens is 268 g/mol. The highest BCUT2D eigenvalue weighted by molar-refractivity contribution is 7.80. The van der Waals surface area contributed by atoms with Crippen molar-refractivity contribution < 1.29 is 4.42 Å². The predicted octanol–water partition coefficient (Wildman–Crippen LogP) is 3.82. The van der Waals surface area contributed by atoms with Gasteiger partial charge in [0.2, 0.25) is 0 Å². The molecule has 3 nitrogen and oxygen atoms in total. The highest BCUT2D eigenvalue weighted by Gasteiger charge is 2.02. The molecule has 2 N–H and O–H groups in total. The summed E-state index contributed by atoms with van der Waals surface area (Å²) in [5.41, 5.74) is 3.47. The van der Waals surface area contributed by atoms with Gasteiger partial charge in [-0.1, -0.05) is 12.1 Å². The molecule has 1 heterocycles. The Morgan fingerprint density at radius 3 is 2.85 bits per heavy atom. The molecule has 0 spiro atoms. The van der Waals surface area contributed by atoms with Crippen molar-refractivity contribution in [3.05, 3.63) is 53.5 Å². The van der Waals surface area contributed by atoms with Crippen molar-refractivity contribution in [1.82, 2.24) is 5.32 Å². The van der Waals surface area contributed by atoms with Gasteiger partial charge in [0.15, 0.2) is 5.11 Å². The highest BCUT2D eigenvalue weighted by atomic mass is 32.1. The second-order valence-electron chi connectivity index (χ2n) is 4.88. The zero-order valence-corrected chi connectivity index (χ0v) is 12.7. The van der Waals surface area contributed by atoms with Gasteiger partial charge in [-0.2, -0.15) is 0 Å². The van der Waals surface area contributed by atoms with Crippen LogP contribution in [0.15, 0.2) is 41.0 Å². The van der Waals surface area contributed by atoms with Crippen LogP contribution in [0.2, 0.25) is 0 Å². The van der Waals surface area contributed by atoms with Crippen LogP contribution in [0.1, 0.15) is 23.3 Å². The van der Waals surface area contributed by atoms with Crippen LogP contribution in [0.5, 0.6) is 0 Å². The Kier molecular flexibility index (Phi) is 5.18. The Labute approximate surface area is 125 Å². The van der Waals surface area contributed by atoms with E-state index in [1.165, 1.54) is 11.1 Å². The van der Waals surface area contributed by atoms with E-state index in [2.05, 4.69) is 42.7 Å². The van der Waals surface area contributed by atoms with Crippen LogP contribution in [0, 0.1) is 13.8 Å². The Hall–Kier alpha value is -1.81. The van der Waals surface area contributed by atoms with E-state index in [0.717, 1.165) is 30.8 Å². The molecule has 0 atom stereocenters. The molecule has 0 bridgehead atoms. The minimum absolute atomic E-state index is 0.665. The first-order chi connectivity index (χ1) is 9.65. The third-order valence-electron chi connectivity index (χ3n) is 3.11. The van der Waals surface area contributed by atoms with E-state index in [1.54, 1.807) is 6.26 Å². The lowest BCUT2D eigenvalue weighted by Gasteiger charge is -2.13. The molecule has 106 valence electrons. The molecule has 0 fully saturated rings. The van der Waals surface area contributed by atoms with Crippen LogP contribution in [0.25, 0.3) is 0 Å². The summed E-state index contributed by atoms with van der Waals surface area (Å²) in [4.78, 5) is 0. The molecule has 4 heteroatoms. The largest absolute Gasteiger partial charge is 0.469 e. The number of benzene rings is 1. The summed E-state index contributed by atoms with van der Waals surface area (Å²) in [6.07, 6.45) is 3.61. The average Bonchev–Trinajstić information content (AvgIpc) is 2.92. The van der Waals surface area contributed by atoms with Gasteiger partial charge in [-0.3, -0.25) is 0 Å². The van der Waals surface area contributed by atoms with Crippen molar-refractivity contribution >= 4 is 23.0 Å². The van der Waals surface area contributed by atoms with E-state index in [1.807, 2.05) is 12.1 Å². The van der Waals surface area contributed by atoms with Gasteiger partial charge >= 0.3 is 0 Å². The molecule has 0 aliphatic rings. The Morgan fingerprint density at radius 1 is 1.25 bits per heavy atom. The molecule has 0 aliphatic heterocycles. The number of furan rings is 1. The lowest BCUT2D eigenvalue weighted by Crippen LogP contribution is -2.29. The van der Waals surface area contributed by atoms with Gasteiger partial charge in [0.1, 0.15) is 5.76 Å². The van der Waals surface area contributed by atoms with E-state index in [4.69, 9.17) is 16.6 Å². The molecule has 1 aromatic heterocycles. The number of thiocarbonyl (C=S) groups is 1. The summed E-state index contributed by atoms with van der Waals surface area (Å²) in [6, 6.07) is 10.2. The molecule has 1 aromatic carbocycles.